The molecule has 54 valence electrons. The van der Waals surface area contributed by atoms with E-state index < -0.39 is 10.7 Å². The van der Waals surface area contributed by atoms with Crippen LogP contribution in [0.25, 0.3) is 0 Å². The maximum Gasteiger partial charge on any atom is 0.359 e. The Kier molecular flexibility index (Phi) is 2.55. The predicted octanol–water partition coefficient (Wildman–Crippen LogP) is 0.728. The van der Waals surface area contributed by atoms with E-state index >= 15 is 0 Å². The van der Waals surface area contributed by atoms with Gasteiger partial charge in [0, 0.05) is 0 Å². The third kappa shape index (κ3) is 1.90. The first-order chi connectivity index (χ1) is 3.89. The van der Waals surface area contributed by atoms with Crippen LogP contribution < -0.4 is 0 Å². The molecule has 2 nitrogen and oxygen atoms in total. The summed E-state index contributed by atoms with van der Waals surface area (Å²) >= 11 is 0. The average Bonchev–Trinajstić information content (AvgIpc) is 1.65. The highest BCUT2D eigenvalue weighted by Crippen LogP contribution is 2.14. The third-order valence-corrected chi connectivity index (χ3v) is 3.75. The van der Waals surface area contributed by atoms with Gasteiger partial charge < -0.3 is 5.11 Å². The summed E-state index contributed by atoms with van der Waals surface area (Å²) < 4.78 is -0.556. The van der Waals surface area contributed by atoms with Crippen LogP contribution in [0.2, 0.25) is 0 Å². The number of hydrogen-bond acceptors (Lipinski definition) is 1. The van der Waals surface area contributed by atoms with Crippen LogP contribution in [0.5, 0.6) is 0 Å². The van der Waals surface area contributed by atoms with Crippen molar-refractivity contribution in [1.82, 2.24) is 0 Å². The molecule has 0 aromatic rings. The van der Waals surface area contributed by atoms with Crippen molar-refractivity contribution in [2.45, 2.75) is 18.6 Å². The summed E-state index contributed by atoms with van der Waals surface area (Å²) in [5, 5.41) is 8.62. The number of hydrogen-bond donors (Lipinski definition) is 1. The Morgan fingerprint density at radius 3 is 1.78 bits per heavy atom. The fourth-order valence-corrected chi connectivity index (χ4v) is 0.524. The summed E-state index contributed by atoms with van der Waals surface area (Å²) in [5.41, 5.74) is 0. The molecule has 0 saturated carbocycles. The summed E-state index contributed by atoms with van der Waals surface area (Å²) in [6.45, 7) is 3.50. The van der Waals surface area contributed by atoms with E-state index in [2.05, 4.69) is 0 Å². The normalized spacial score (nSPS) is 12.1. The van der Waals surface area contributed by atoms with Crippen molar-refractivity contribution in [2.24, 2.45) is 0 Å². The van der Waals surface area contributed by atoms with Gasteiger partial charge in [-0.3, -0.25) is 0 Å². The second-order valence-electron chi connectivity index (χ2n) is 2.63. The van der Waals surface area contributed by atoms with E-state index in [1.807, 2.05) is 12.5 Å². The van der Waals surface area contributed by atoms with Crippen LogP contribution in [0.4, 0.5) is 0 Å². The van der Waals surface area contributed by atoms with Gasteiger partial charge in [0.1, 0.15) is 0 Å². The average molecular weight is 149 g/mol. The molecule has 0 aliphatic heterocycles. The number of carboxylic acid groups (broad SMARTS) is 1. The molecule has 0 radical (unpaired) electrons. The molecule has 9 heavy (non-hydrogen) atoms. The smallest absolute Gasteiger partial charge is 0.359 e. The van der Waals surface area contributed by atoms with Crippen LogP contribution >= 0.6 is 0 Å². The molecule has 0 aliphatic rings. The van der Waals surface area contributed by atoms with E-state index in [0.717, 1.165) is 0 Å². The molecule has 0 atom stereocenters. The summed E-state index contributed by atoms with van der Waals surface area (Å²) in [4.78, 5) is 10.5. The molecule has 0 aromatic carbocycles. The number of carboxylic acids is 1. The van der Waals surface area contributed by atoms with Crippen LogP contribution in [-0.4, -0.2) is 28.3 Å². The van der Waals surface area contributed by atoms with E-state index in [9.17, 15) is 4.79 Å². The molecule has 0 saturated heterocycles. The molecular formula is C6H13O2S+. The zero-order valence-electron chi connectivity index (χ0n) is 6.26. The fourth-order valence-electron chi connectivity index (χ4n) is 0.175. The molecule has 0 unspecified atom stereocenters. The molecule has 0 spiro atoms. The summed E-state index contributed by atoms with van der Waals surface area (Å²) in [5.74, 6) is -0.712. The minimum absolute atomic E-state index is 0.0556. The molecule has 0 rings (SSSR count). The first kappa shape index (κ1) is 8.82. The van der Waals surface area contributed by atoms with Gasteiger partial charge >= 0.3 is 5.97 Å². The van der Waals surface area contributed by atoms with Crippen molar-refractivity contribution in [1.29, 1.82) is 0 Å². The Morgan fingerprint density at radius 1 is 1.44 bits per heavy atom. The van der Waals surface area contributed by atoms with Crippen molar-refractivity contribution >= 4 is 16.9 Å². The molecule has 0 amide bonds. The van der Waals surface area contributed by atoms with Crippen molar-refractivity contribution in [2.75, 3.05) is 12.5 Å². The topological polar surface area (TPSA) is 37.3 Å². The minimum Gasteiger partial charge on any atom is -0.477 e. The SMILES string of the molecule is C[S+](C)C(C)(C)C(=O)O. The van der Waals surface area contributed by atoms with Gasteiger partial charge in [-0.05, 0) is 24.7 Å². The van der Waals surface area contributed by atoms with Gasteiger partial charge in [0.15, 0.2) is 0 Å². The Morgan fingerprint density at radius 2 is 1.78 bits per heavy atom. The number of carbonyl (C=O) groups is 1. The second-order valence-corrected chi connectivity index (χ2v) is 5.29. The van der Waals surface area contributed by atoms with Gasteiger partial charge in [-0.15, -0.1) is 0 Å². The molecule has 0 aliphatic carbocycles. The lowest BCUT2D eigenvalue weighted by molar-refractivity contribution is -0.138. The Hall–Kier alpha value is -0.180. The zero-order valence-corrected chi connectivity index (χ0v) is 7.08. The third-order valence-electron chi connectivity index (χ3n) is 1.54. The van der Waals surface area contributed by atoms with Crippen LogP contribution in [0.3, 0.4) is 0 Å². The predicted molar refractivity (Wildman–Crippen MR) is 40.9 cm³/mol. The van der Waals surface area contributed by atoms with Gasteiger partial charge in [0.05, 0.1) is 12.5 Å². The van der Waals surface area contributed by atoms with Gasteiger partial charge in [-0.1, -0.05) is 0 Å². The number of rotatable bonds is 2. The lowest BCUT2D eigenvalue weighted by atomic mass is 10.2. The largest absolute Gasteiger partial charge is 0.477 e. The molecule has 0 bridgehead atoms. The fraction of sp³-hybridized carbons (Fsp3) is 0.833. The standard InChI is InChI=1S/C6H12O2S/c1-6(2,5(7)8)9(3)4/h1-4H3/p+1. The quantitative estimate of drug-likeness (QED) is 0.588. The molecule has 0 aromatic heterocycles. The summed E-state index contributed by atoms with van der Waals surface area (Å²) in [7, 11) is -0.0556. The Bertz CT molecular complexity index is 118. The molecule has 3 heteroatoms. The number of aliphatic carboxylic acids is 1. The first-order valence-corrected chi connectivity index (χ1v) is 4.74. The van der Waals surface area contributed by atoms with Crippen LogP contribution in [0.15, 0.2) is 0 Å². The van der Waals surface area contributed by atoms with Crippen LogP contribution in [0, 0.1) is 0 Å². The molecular weight excluding hydrogens is 136 g/mol. The maximum atomic E-state index is 10.5. The monoisotopic (exact) mass is 149 g/mol. The minimum atomic E-state index is -0.712. The molecule has 0 fully saturated rings. The van der Waals surface area contributed by atoms with Gasteiger partial charge in [-0.2, -0.15) is 0 Å². The van der Waals surface area contributed by atoms with E-state index in [-0.39, 0.29) is 10.9 Å². The van der Waals surface area contributed by atoms with Gasteiger partial charge in [-0.25, -0.2) is 4.79 Å². The first-order valence-electron chi connectivity index (χ1n) is 2.70. The van der Waals surface area contributed by atoms with Gasteiger partial charge in [0.25, 0.3) is 0 Å². The maximum absolute atomic E-state index is 10.5. The summed E-state index contributed by atoms with van der Waals surface area (Å²) in [6, 6.07) is 0. The van der Waals surface area contributed by atoms with E-state index in [1.165, 1.54) is 0 Å². The van der Waals surface area contributed by atoms with Crippen molar-refractivity contribution in [3.05, 3.63) is 0 Å². The highest BCUT2D eigenvalue weighted by molar-refractivity contribution is 7.97. The van der Waals surface area contributed by atoms with Gasteiger partial charge in [0.2, 0.25) is 4.75 Å². The van der Waals surface area contributed by atoms with E-state index in [1.54, 1.807) is 13.8 Å². The van der Waals surface area contributed by atoms with Crippen molar-refractivity contribution in [3.8, 4) is 0 Å². The van der Waals surface area contributed by atoms with E-state index in [4.69, 9.17) is 5.11 Å². The molecule has 1 N–H and O–H groups in total. The van der Waals surface area contributed by atoms with Crippen molar-refractivity contribution in [3.63, 3.8) is 0 Å². The Balaban J connectivity index is 4.19. The summed E-state index contributed by atoms with van der Waals surface area (Å²) in [6.07, 6.45) is 3.88. The van der Waals surface area contributed by atoms with E-state index in [0.29, 0.717) is 0 Å². The second kappa shape index (κ2) is 2.60. The lowest BCUT2D eigenvalue weighted by Gasteiger charge is -2.14. The molecule has 0 heterocycles. The highest BCUT2D eigenvalue weighted by atomic mass is 32.2. The van der Waals surface area contributed by atoms with Crippen molar-refractivity contribution < 1.29 is 9.90 Å². The van der Waals surface area contributed by atoms with Crippen LogP contribution in [-0.2, 0) is 15.7 Å². The zero-order chi connectivity index (χ0) is 7.65. The Labute approximate surface area is 58.6 Å². The lowest BCUT2D eigenvalue weighted by Crippen LogP contribution is -2.39. The van der Waals surface area contributed by atoms with Crippen LogP contribution in [0.1, 0.15) is 13.8 Å². The highest BCUT2D eigenvalue weighted by Gasteiger charge is 2.39.